The second-order valence-corrected chi connectivity index (χ2v) is 3.02. The first kappa shape index (κ1) is 12.9. The molecule has 0 fully saturated rings. The molecule has 0 saturated heterocycles. The third kappa shape index (κ3) is 9.03. The minimum atomic E-state index is -0.355. The highest BCUT2D eigenvalue weighted by atomic mass is 16.6. The van der Waals surface area contributed by atoms with Crippen molar-refractivity contribution in [2.45, 2.75) is 39.5 Å². The van der Waals surface area contributed by atoms with E-state index < -0.39 is 0 Å². The molecule has 4 nitrogen and oxygen atoms in total. The van der Waals surface area contributed by atoms with Gasteiger partial charge in [0.25, 0.3) is 0 Å². The fourth-order valence-electron chi connectivity index (χ4n) is 0.932. The van der Waals surface area contributed by atoms with Crippen molar-refractivity contribution in [3.63, 3.8) is 0 Å². The average molecular weight is 202 g/mol. The molecule has 0 rings (SSSR count). The fourth-order valence-corrected chi connectivity index (χ4v) is 0.932. The Bertz CT molecular complexity index is 177. The van der Waals surface area contributed by atoms with Crippen LogP contribution in [0.4, 0.5) is 0 Å². The van der Waals surface area contributed by atoms with Crippen LogP contribution in [0.3, 0.4) is 0 Å². The van der Waals surface area contributed by atoms with E-state index in [0.29, 0.717) is 6.42 Å². The number of esters is 2. The molecule has 0 N–H and O–H groups in total. The molecule has 0 atom stereocenters. The molecule has 0 saturated carbocycles. The van der Waals surface area contributed by atoms with E-state index in [1.54, 1.807) is 0 Å². The topological polar surface area (TPSA) is 52.6 Å². The van der Waals surface area contributed by atoms with Crippen molar-refractivity contribution < 1.29 is 19.1 Å². The van der Waals surface area contributed by atoms with E-state index in [-0.39, 0.29) is 25.2 Å². The zero-order valence-electron chi connectivity index (χ0n) is 8.88. The Morgan fingerprint density at radius 3 is 2.29 bits per heavy atom. The second-order valence-electron chi connectivity index (χ2n) is 3.02. The number of unbranched alkanes of at least 4 members (excludes halogenated alkanes) is 2. The Morgan fingerprint density at radius 1 is 1.07 bits per heavy atom. The lowest BCUT2D eigenvalue weighted by molar-refractivity contribution is -0.151. The van der Waals surface area contributed by atoms with Crippen LogP contribution >= 0.6 is 0 Å². The van der Waals surface area contributed by atoms with E-state index in [9.17, 15) is 9.59 Å². The first-order valence-corrected chi connectivity index (χ1v) is 4.95. The van der Waals surface area contributed by atoms with Gasteiger partial charge in [-0.15, -0.1) is 0 Å². The van der Waals surface area contributed by atoms with Crippen molar-refractivity contribution in [1.82, 2.24) is 0 Å². The predicted octanol–water partition coefficient (Wildman–Crippen LogP) is 1.67. The van der Waals surface area contributed by atoms with Crippen LogP contribution in [-0.2, 0) is 19.1 Å². The maximum absolute atomic E-state index is 11.0. The van der Waals surface area contributed by atoms with E-state index in [2.05, 4.69) is 11.7 Å². The van der Waals surface area contributed by atoms with Crippen molar-refractivity contribution in [1.29, 1.82) is 0 Å². The first-order chi connectivity index (χ1) is 6.66. The molecule has 0 unspecified atom stereocenters. The molecule has 0 radical (unpaired) electrons. The number of hydrogen-bond donors (Lipinski definition) is 0. The predicted molar refractivity (Wildman–Crippen MR) is 51.7 cm³/mol. The quantitative estimate of drug-likeness (QED) is 0.465. The summed E-state index contributed by atoms with van der Waals surface area (Å²) >= 11 is 0. The minimum absolute atomic E-state index is 0.148. The molecule has 0 heterocycles. The Morgan fingerprint density at radius 2 is 1.71 bits per heavy atom. The summed E-state index contributed by atoms with van der Waals surface area (Å²) in [6, 6.07) is 0. The lowest BCUT2D eigenvalue weighted by Crippen LogP contribution is -2.12. The van der Waals surface area contributed by atoms with Crippen LogP contribution in [0.1, 0.15) is 39.5 Å². The largest absolute Gasteiger partial charge is 0.462 e. The van der Waals surface area contributed by atoms with Crippen LogP contribution in [0.2, 0.25) is 0 Å². The van der Waals surface area contributed by atoms with Gasteiger partial charge in [0.1, 0.15) is 13.2 Å². The summed E-state index contributed by atoms with van der Waals surface area (Å²) in [7, 11) is 0. The third-order valence-corrected chi connectivity index (χ3v) is 1.64. The van der Waals surface area contributed by atoms with Crippen molar-refractivity contribution >= 4 is 11.9 Å². The van der Waals surface area contributed by atoms with Crippen LogP contribution in [0.15, 0.2) is 0 Å². The van der Waals surface area contributed by atoms with Gasteiger partial charge >= 0.3 is 11.9 Å². The third-order valence-electron chi connectivity index (χ3n) is 1.64. The first-order valence-electron chi connectivity index (χ1n) is 4.95. The molecule has 4 heteroatoms. The van der Waals surface area contributed by atoms with E-state index in [1.807, 2.05) is 0 Å². The molecule has 14 heavy (non-hydrogen) atoms. The highest BCUT2D eigenvalue weighted by Crippen LogP contribution is 2.00. The normalized spacial score (nSPS) is 9.57. The molecule has 0 aromatic rings. The summed E-state index contributed by atoms with van der Waals surface area (Å²) in [5.41, 5.74) is 0. The van der Waals surface area contributed by atoms with Gasteiger partial charge in [0.2, 0.25) is 0 Å². The number of rotatable bonds is 7. The number of hydrogen-bond acceptors (Lipinski definition) is 4. The molecule has 0 amide bonds. The Kier molecular flexibility index (Phi) is 7.89. The summed E-state index contributed by atoms with van der Waals surface area (Å²) in [5, 5.41) is 0. The van der Waals surface area contributed by atoms with Crippen molar-refractivity contribution in [2.24, 2.45) is 0 Å². The monoisotopic (exact) mass is 202 g/mol. The van der Waals surface area contributed by atoms with Gasteiger partial charge in [0.05, 0.1) is 0 Å². The Hall–Kier alpha value is -1.06. The standard InChI is InChI=1S/C10H18O4/c1-3-4-5-6-10(12)14-8-7-13-9(2)11/h3-8H2,1-2H3. The maximum Gasteiger partial charge on any atom is 0.305 e. The highest BCUT2D eigenvalue weighted by Gasteiger charge is 2.02. The number of carbonyl (C=O) groups is 2. The summed E-state index contributed by atoms with van der Waals surface area (Å²) < 4.78 is 9.42. The van der Waals surface area contributed by atoms with Crippen molar-refractivity contribution in [3.05, 3.63) is 0 Å². The minimum Gasteiger partial charge on any atom is -0.462 e. The van der Waals surface area contributed by atoms with Gasteiger partial charge < -0.3 is 9.47 Å². The van der Waals surface area contributed by atoms with Crippen LogP contribution in [-0.4, -0.2) is 25.2 Å². The van der Waals surface area contributed by atoms with Crippen LogP contribution in [0.25, 0.3) is 0 Å². The van der Waals surface area contributed by atoms with Gasteiger partial charge in [-0.2, -0.15) is 0 Å². The van der Waals surface area contributed by atoms with Crippen LogP contribution in [0.5, 0.6) is 0 Å². The maximum atomic E-state index is 11.0. The molecule has 82 valence electrons. The second kappa shape index (κ2) is 8.53. The van der Waals surface area contributed by atoms with Gasteiger partial charge in [-0.3, -0.25) is 9.59 Å². The lowest BCUT2D eigenvalue weighted by atomic mass is 10.2. The summed E-state index contributed by atoms with van der Waals surface area (Å²) in [4.78, 5) is 21.3. The smallest absolute Gasteiger partial charge is 0.305 e. The Balaban J connectivity index is 3.22. The summed E-state index contributed by atoms with van der Waals surface area (Å²) in [6.07, 6.45) is 3.44. The van der Waals surface area contributed by atoms with Gasteiger partial charge in [0.15, 0.2) is 0 Å². The summed E-state index contributed by atoms with van der Waals surface area (Å²) in [5.74, 6) is -0.572. The van der Waals surface area contributed by atoms with Gasteiger partial charge in [-0.05, 0) is 6.42 Å². The summed E-state index contributed by atoms with van der Waals surface area (Å²) in [6.45, 7) is 3.70. The average Bonchev–Trinajstić information content (AvgIpc) is 2.13. The molecule has 0 aliphatic rings. The molecule has 0 aromatic heterocycles. The molecular formula is C10H18O4. The number of carbonyl (C=O) groups excluding carboxylic acids is 2. The van der Waals surface area contributed by atoms with Gasteiger partial charge in [-0.1, -0.05) is 19.8 Å². The van der Waals surface area contributed by atoms with Gasteiger partial charge in [-0.25, -0.2) is 0 Å². The molecule has 0 spiro atoms. The van der Waals surface area contributed by atoms with E-state index in [1.165, 1.54) is 6.92 Å². The molecule has 0 aliphatic carbocycles. The van der Waals surface area contributed by atoms with Crippen molar-refractivity contribution in [2.75, 3.05) is 13.2 Å². The lowest BCUT2D eigenvalue weighted by Gasteiger charge is -2.04. The van der Waals surface area contributed by atoms with Crippen LogP contribution < -0.4 is 0 Å². The molecule has 0 bridgehead atoms. The molecule has 0 aromatic carbocycles. The SMILES string of the molecule is CCCCCC(=O)OCCOC(C)=O. The zero-order chi connectivity index (χ0) is 10.8. The molecular weight excluding hydrogens is 184 g/mol. The van der Waals surface area contributed by atoms with E-state index >= 15 is 0 Å². The molecule has 0 aliphatic heterocycles. The highest BCUT2D eigenvalue weighted by molar-refractivity contribution is 5.69. The number of ether oxygens (including phenoxy) is 2. The Labute approximate surface area is 84.6 Å². The zero-order valence-corrected chi connectivity index (χ0v) is 8.88. The van der Waals surface area contributed by atoms with E-state index in [0.717, 1.165) is 19.3 Å². The van der Waals surface area contributed by atoms with Crippen molar-refractivity contribution in [3.8, 4) is 0 Å². The van der Waals surface area contributed by atoms with E-state index in [4.69, 9.17) is 4.74 Å². The van der Waals surface area contributed by atoms with Gasteiger partial charge in [0, 0.05) is 13.3 Å². The fraction of sp³-hybridized carbons (Fsp3) is 0.800. The van der Waals surface area contributed by atoms with Crippen LogP contribution in [0, 0.1) is 0 Å².